The molecule has 2 unspecified atom stereocenters. The van der Waals surface area contributed by atoms with E-state index >= 15 is 0 Å². The lowest BCUT2D eigenvalue weighted by molar-refractivity contribution is -0.199. The van der Waals surface area contributed by atoms with Gasteiger partial charge in [-0.1, -0.05) is 12.1 Å². The highest BCUT2D eigenvalue weighted by Crippen LogP contribution is 2.42. The zero-order chi connectivity index (χ0) is 18.2. The van der Waals surface area contributed by atoms with E-state index in [9.17, 15) is 22.7 Å². The minimum atomic E-state index is -4.29. The van der Waals surface area contributed by atoms with Crippen molar-refractivity contribution in [2.75, 3.05) is 11.9 Å². The van der Waals surface area contributed by atoms with E-state index in [0.29, 0.717) is 29.6 Å². The van der Waals surface area contributed by atoms with Crippen LogP contribution in [0.25, 0.3) is 10.9 Å². The quantitative estimate of drug-likeness (QED) is 0.792. The molecule has 7 heteroatoms. The molecule has 1 fully saturated rings. The lowest BCUT2D eigenvalue weighted by Crippen LogP contribution is -2.45. The lowest BCUT2D eigenvalue weighted by atomic mass is 9.77. The first-order valence-corrected chi connectivity index (χ1v) is 8.27. The zero-order valence-electron chi connectivity index (χ0n) is 13.8. The molecule has 2 N–H and O–H groups in total. The second-order valence-electron chi connectivity index (χ2n) is 6.86. The molecule has 3 nitrogen and oxygen atoms in total. The van der Waals surface area contributed by atoms with Crippen LogP contribution in [-0.4, -0.2) is 28.4 Å². The van der Waals surface area contributed by atoms with Crippen molar-refractivity contribution < 1.29 is 22.7 Å². The first-order valence-electron chi connectivity index (χ1n) is 8.27. The number of rotatable bonds is 3. The molecule has 0 radical (unpaired) electrons. The maximum absolute atomic E-state index is 13.9. The molecule has 1 saturated carbocycles. The van der Waals surface area contributed by atoms with Gasteiger partial charge in [-0.2, -0.15) is 13.2 Å². The van der Waals surface area contributed by atoms with E-state index in [1.807, 2.05) is 0 Å². The van der Waals surface area contributed by atoms with Crippen molar-refractivity contribution in [2.45, 2.75) is 44.4 Å². The summed E-state index contributed by atoms with van der Waals surface area (Å²) >= 11 is 0. The molecule has 1 heterocycles. The fourth-order valence-electron chi connectivity index (χ4n) is 3.53. The number of nitrogens with one attached hydrogen (secondary N) is 1. The SMILES string of the molecule is Cc1cc(NCC2(O)CCCC(C(F)(F)F)C2)c2cccc(F)c2n1. The maximum atomic E-state index is 13.9. The molecule has 0 spiro atoms. The Hall–Kier alpha value is -1.89. The van der Waals surface area contributed by atoms with Gasteiger partial charge in [0, 0.05) is 23.3 Å². The number of nitrogens with zero attached hydrogens (tertiary/aromatic N) is 1. The van der Waals surface area contributed by atoms with Crippen molar-refractivity contribution in [3.8, 4) is 0 Å². The molecule has 1 aromatic carbocycles. The van der Waals surface area contributed by atoms with Crippen LogP contribution >= 0.6 is 0 Å². The number of pyridine rings is 1. The normalized spacial score (nSPS) is 24.5. The van der Waals surface area contributed by atoms with Gasteiger partial charge in [0.05, 0.1) is 11.5 Å². The van der Waals surface area contributed by atoms with E-state index in [1.165, 1.54) is 6.07 Å². The Labute approximate surface area is 143 Å². The third kappa shape index (κ3) is 3.86. The summed E-state index contributed by atoms with van der Waals surface area (Å²) in [6, 6.07) is 6.25. The predicted molar refractivity (Wildman–Crippen MR) is 87.9 cm³/mol. The van der Waals surface area contributed by atoms with E-state index in [4.69, 9.17) is 0 Å². The Balaban J connectivity index is 1.82. The topological polar surface area (TPSA) is 45.1 Å². The molecule has 136 valence electrons. The summed E-state index contributed by atoms with van der Waals surface area (Å²) in [5.74, 6) is -1.95. The van der Waals surface area contributed by atoms with E-state index < -0.39 is 23.5 Å². The number of aliphatic hydroxyl groups is 1. The molecule has 2 atom stereocenters. The third-order valence-corrected chi connectivity index (χ3v) is 4.81. The van der Waals surface area contributed by atoms with Crippen molar-refractivity contribution in [3.63, 3.8) is 0 Å². The maximum Gasteiger partial charge on any atom is 0.391 e. The molecule has 1 aromatic heterocycles. The fourth-order valence-corrected chi connectivity index (χ4v) is 3.53. The Bertz CT molecular complexity index is 777. The number of alkyl halides is 3. The molecule has 1 aliphatic carbocycles. The summed E-state index contributed by atoms with van der Waals surface area (Å²) in [5.41, 5.74) is -0.0859. The number of aromatic nitrogens is 1. The van der Waals surface area contributed by atoms with Crippen LogP contribution in [0.1, 0.15) is 31.4 Å². The summed E-state index contributed by atoms with van der Waals surface area (Å²) in [6.07, 6.45) is -3.93. The van der Waals surface area contributed by atoms with Gasteiger partial charge in [-0.05, 0) is 44.7 Å². The third-order valence-electron chi connectivity index (χ3n) is 4.81. The van der Waals surface area contributed by atoms with Gasteiger partial charge in [0.2, 0.25) is 0 Å². The Morgan fingerprint density at radius 2 is 2.12 bits per heavy atom. The van der Waals surface area contributed by atoms with Crippen LogP contribution in [0.4, 0.5) is 23.2 Å². The molecule has 0 amide bonds. The summed E-state index contributed by atoms with van der Waals surface area (Å²) < 4.78 is 52.9. The Kier molecular flexibility index (Phi) is 4.62. The number of aryl methyl sites for hydroxylation is 1. The van der Waals surface area contributed by atoms with Crippen molar-refractivity contribution in [1.29, 1.82) is 0 Å². The highest BCUT2D eigenvalue weighted by Gasteiger charge is 2.46. The lowest BCUT2D eigenvalue weighted by Gasteiger charge is -2.38. The van der Waals surface area contributed by atoms with Gasteiger partial charge in [0.1, 0.15) is 11.3 Å². The molecular weight excluding hydrogens is 336 g/mol. The van der Waals surface area contributed by atoms with Crippen LogP contribution in [0, 0.1) is 18.7 Å². The van der Waals surface area contributed by atoms with Crippen LogP contribution in [-0.2, 0) is 0 Å². The number of hydrogen-bond donors (Lipinski definition) is 2. The van der Waals surface area contributed by atoms with Gasteiger partial charge in [-0.3, -0.25) is 0 Å². The van der Waals surface area contributed by atoms with Crippen molar-refractivity contribution in [3.05, 3.63) is 35.8 Å². The van der Waals surface area contributed by atoms with Crippen molar-refractivity contribution in [2.24, 2.45) is 5.92 Å². The van der Waals surface area contributed by atoms with Crippen LogP contribution in [0.5, 0.6) is 0 Å². The second kappa shape index (κ2) is 6.44. The summed E-state index contributed by atoms with van der Waals surface area (Å²) in [7, 11) is 0. The van der Waals surface area contributed by atoms with Crippen LogP contribution in [0.3, 0.4) is 0 Å². The average Bonchev–Trinajstić information content (AvgIpc) is 2.53. The molecular formula is C18H20F4N2O. The number of anilines is 1. The van der Waals surface area contributed by atoms with Gasteiger partial charge in [-0.15, -0.1) is 0 Å². The van der Waals surface area contributed by atoms with Crippen molar-refractivity contribution >= 4 is 16.6 Å². The molecule has 3 rings (SSSR count). The minimum absolute atomic E-state index is 0.0192. The van der Waals surface area contributed by atoms with Crippen LogP contribution < -0.4 is 5.32 Å². The monoisotopic (exact) mass is 356 g/mol. The van der Waals surface area contributed by atoms with Gasteiger partial charge in [-0.25, -0.2) is 9.37 Å². The average molecular weight is 356 g/mol. The van der Waals surface area contributed by atoms with Gasteiger partial charge in [0.15, 0.2) is 0 Å². The molecule has 1 aliphatic rings. The van der Waals surface area contributed by atoms with Crippen LogP contribution in [0.15, 0.2) is 24.3 Å². The van der Waals surface area contributed by atoms with E-state index in [-0.39, 0.29) is 24.9 Å². The number of benzene rings is 1. The first kappa shape index (κ1) is 17.9. The number of para-hydroxylation sites is 1. The zero-order valence-corrected chi connectivity index (χ0v) is 13.8. The minimum Gasteiger partial charge on any atom is -0.388 e. The highest BCUT2D eigenvalue weighted by molar-refractivity contribution is 5.91. The second-order valence-corrected chi connectivity index (χ2v) is 6.86. The van der Waals surface area contributed by atoms with Crippen molar-refractivity contribution in [1.82, 2.24) is 4.98 Å². The summed E-state index contributed by atoms with van der Waals surface area (Å²) in [5, 5.41) is 14.2. The molecule has 0 aliphatic heterocycles. The van der Waals surface area contributed by atoms with Gasteiger partial charge < -0.3 is 10.4 Å². The Morgan fingerprint density at radius 3 is 2.84 bits per heavy atom. The molecule has 0 saturated heterocycles. The highest BCUT2D eigenvalue weighted by atomic mass is 19.4. The summed E-state index contributed by atoms with van der Waals surface area (Å²) in [6.45, 7) is 1.70. The van der Waals surface area contributed by atoms with Gasteiger partial charge in [0.25, 0.3) is 0 Å². The standard InChI is InChI=1S/C18H20F4N2O/c1-11-8-15(13-5-2-6-14(19)16(13)24-11)23-10-17(25)7-3-4-12(9-17)18(20,21)22/h2,5-6,8,12,25H,3-4,7,9-10H2,1H3,(H,23,24). The number of halogens is 4. The molecule has 0 bridgehead atoms. The molecule has 25 heavy (non-hydrogen) atoms. The first-order chi connectivity index (χ1) is 11.7. The van der Waals surface area contributed by atoms with E-state index in [0.717, 1.165) is 0 Å². The molecule has 2 aromatic rings. The fraction of sp³-hybridized carbons (Fsp3) is 0.500. The van der Waals surface area contributed by atoms with E-state index in [1.54, 1.807) is 25.1 Å². The summed E-state index contributed by atoms with van der Waals surface area (Å²) in [4.78, 5) is 4.17. The van der Waals surface area contributed by atoms with Gasteiger partial charge >= 0.3 is 6.18 Å². The van der Waals surface area contributed by atoms with Crippen LogP contribution in [0.2, 0.25) is 0 Å². The Morgan fingerprint density at radius 1 is 1.36 bits per heavy atom. The predicted octanol–water partition coefficient (Wildman–Crippen LogP) is 4.58. The smallest absolute Gasteiger partial charge is 0.388 e. The number of hydrogen-bond acceptors (Lipinski definition) is 3. The van der Waals surface area contributed by atoms with E-state index in [2.05, 4.69) is 10.3 Å². The number of fused-ring (bicyclic) bond motifs is 1. The largest absolute Gasteiger partial charge is 0.391 e.